The van der Waals surface area contributed by atoms with E-state index in [1.165, 1.54) is 30.6 Å². The van der Waals surface area contributed by atoms with Crippen LogP contribution in [0.2, 0.25) is 0 Å². The van der Waals surface area contributed by atoms with Gasteiger partial charge in [0.1, 0.15) is 5.75 Å². The number of nitrogens with zero attached hydrogens (tertiary/aromatic N) is 2. The van der Waals surface area contributed by atoms with Crippen LogP contribution in [0.25, 0.3) is 10.9 Å². The number of aromatic nitrogens is 1. The molecule has 1 N–H and O–H groups in total. The van der Waals surface area contributed by atoms with Crippen molar-refractivity contribution in [2.24, 2.45) is 5.92 Å². The molecule has 0 radical (unpaired) electrons. The summed E-state index contributed by atoms with van der Waals surface area (Å²) in [5, 5.41) is 4.79. The Morgan fingerprint density at radius 1 is 0.867 bits per heavy atom. The lowest BCUT2D eigenvalue weighted by Crippen LogP contribution is -2.29. The normalized spacial score (nSPS) is 11.6. The maximum absolute atomic E-state index is 13.3. The van der Waals surface area contributed by atoms with Gasteiger partial charge in [-0.2, -0.15) is 0 Å². The molecule has 0 spiro atoms. The SMILES string of the molecule is CCCCC(CC)CNc1ccc2ccn(Cc3ccc(C(=O)OC(=O)N(c4ccccc4)c4ccccc4)cc3OC)c2c1. The van der Waals surface area contributed by atoms with E-state index in [0.29, 0.717) is 29.6 Å². The summed E-state index contributed by atoms with van der Waals surface area (Å²) >= 11 is 0. The number of esters is 1. The highest BCUT2D eigenvalue weighted by Crippen LogP contribution is 2.29. The number of carbonyl (C=O) groups is 2. The van der Waals surface area contributed by atoms with E-state index in [4.69, 9.17) is 9.47 Å². The van der Waals surface area contributed by atoms with E-state index in [1.807, 2.05) is 42.5 Å². The maximum Gasteiger partial charge on any atom is 0.426 e. The number of hydrogen-bond donors (Lipinski definition) is 1. The molecule has 0 saturated carbocycles. The number of carbonyl (C=O) groups excluding carboxylic acids is 2. The number of ether oxygens (including phenoxy) is 2. The molecular weight excluding hydrogens is 562 g/mol. The first kappa shape index (κ1) is 31.4. The first-order chi connectivity index (χ1) is 22.0. The summed E-state index contributed by atoms with van der Waals surface area (Å²) in [6.07, 6.45) is 6.17. The van der Waals surface area contributed by atoms with Crippen LogP contribution in [-0.2, 0) is 11.3 Å². The zero-order valence-corrected chi connectivity index (χ0v) is 26.2. The molecule has 1 aromatic heterocycles. The van der Waals surface area contributed by atoms with Crippen molar-refractivity contribution in [3.05, 3.63) is 120 Å². The first-order valence-corrected chi connectivity index (χ1v) is 15.7. The first-order valence-electron chi connectivity index (χ1n) is 15.7. The van der Waals surface area contributed by atoms with Gasteiger partial charge in [0.2, 0.25) is 0 Å². The lowest BCUT2D eigenvalue weighted by atomic mass is 9.99. The van der Waals surface area contributed by atoms with E-state index < -0.39 is 12.1 Å². The van der Waals surface area contributed by atoms with Crippen LogP contribution < -0.4 is 15.0 Å². The molecule has 0 bridgehead atoms. The molecule has 7 nitrogen and oxygen atoms in total. The molecular formula is C38H41N3O4. The van der Waals surface area contributed by atoms with Gasteiger partial charge in [-0.05, 0) is 72.3 Å². The van der Waals surface area contributed by atoms with Crippen molar-refractivity contribution >= 4 is 40.0 Å². The molecule has 0 aliphatic heterocycles. The molecule has 45 heavy (non-hydrogen) atoms. The van der Waals surface area contributed by atoms with Crippen molar-refractivity contribution in [2.45, 2.75) is 46.1 Å². The number of rotatable bonds is 13. The Kier molecular flexibility index (Phi) is 10.5. The smallest absolute Gasteiger partial charge is 0.426 e. The van der Waals surface area contributed by atoms with Crippen molar-refractivity contribution in [2.75, 3.05) is 23.9 Å². The van der Waals surface area contributed by atoms with Crippen LogP contribution >= 0.6 is 0 Å². The fourth-order valence-electron chi connectivity index (χ4n) is 5.52. The molecule has 0 aliphatic carbocycles. The quantitative estimate of drug-likeness (QED) is 0.107. The molecule has 0 aliphatic rings. The maximum atomic E-state index is 13.3. The van der Waals surface area contributed by atoms with E-state index in [0.717, 1.165) is 28.7 Å². The van der Waals surface area contributed by atoms with E-state index in [2.05, 4.69) is 54.2 Å². The van der Waals surface area contributed by atoms with Gasteiger partial charge in [0.15, 0.2) is 0 Å². The Balaban J connectivity index is 1.31. The molecule has 1 atom stereocenters. The number of benzene rings is 4. The molecule has 232 valence electrons. The van der Waals surface area contributed by atoms with E-state index >= 15 is 0 Å². The summed E-state index contributed by atoms with van der Waals surface area (Å²) in [5.41, 5.74) is 4.52. The highest BCUT2D eigenvalue weighted by atomic mass is 16.6. The van der Waals surface area contributed by atoms with Crippen molar-refractivity contribution in [1.29, 1.82) is 0 Å². The highest BCUT2D eigenvalue weighted by Gasteiger charge is 2.24. The average Bonchev–Trinajstić information content (AvgIpc) is 3.47. The van der Waals surface area contributed by atoms with Gasteiger partial charge in [-0.25, -0.2) is 14.5 Å². The highest BCUT2D eigenvalue weighted by molar-refractivity contribution is 6.04. The molecule has 5 aromatic rings. The van der Waals surface area contributed by atoms with Crippen molar-refractivity contribution in [3.63, 3.8) is 0 Å². The number of anilines is 3. The molecule has 4 aromatic carbocycles. The number of hydrogen-bond acceptors (Lipinski definition) is 5. The second kappa shape index (κ2) is 15.1. The number of methoxy groups -OCH3 is 1. The Labute approximate surface area is 265 Å². The second-order valence-corrected chi connectivity index (χ2v) is 11.2. The summed E-state index contributed by atoms with van der Waals surface area (Å²) in [6.45, 7) is 6.01. The largest absolute Gasteiger partial charge is 0.496 e. The predicted octanol–water partition coefficient (Wildman–Crippen LogP) is 9.44. The van der Waals surface area contributed by atoms with Crippen LogP contribution in [0.3, 0.4) is 0 Å². The fourth-order valence-corrected chi connectivity index (χ4v) is 5.52. The van der Waals surface area contributed by atoms with Crippen molar-refractivity contribution in [1.82, 2.24) is 4.57 Å². The van der Waals surface area contributed by atoms with E-state index in [-0.39, 0.29) is 5.56 Å². The summed E-state index contributed by atoms with van der Waals surface area (Å²) in [7, 11) is 1.57. The zero-order chi connectivity index (χ0) is 31.6. The van der Waals surface area contributed by atoms with E-state index in [1.54, 1.807) is 43.5 Å². The van der Waals surface area contributed by atoms with Gasteiger partial charge in [-0.15, -0.1) is 0 Å². The van der Waals surface area contributed by atoms with Crippen molar-refractivity contribution < 1.29 is 19.1 Å². The summed E-state index contributed by atoms with van der Waals surface area (Å²) in [6, 6.07) is 31.9. The summed E-state index contributed by atoms with van der Waals surface area (Å²) in [4.78, 5) is 27.9. The van der Waals surface area contributed by atoms with E-state index in [9.17, 15) is 9.59 Å². The standard InChI is InChI=1S/C38H41N3O4/c1-4-6-13-28(5-2)26-39-32-21-20-29-22-23-40(35(29)25-32)27-31-19-18-30(24-36(31)44-3)37(42)45-38(43)41(33-14-9-7-10-15-33)34-16-11-8-12-17-34/h7-12,14-25,28,39H,4-6,13,26-27H2,1-3H3. The molecule has 7 heteroatoms. The lowest BCUT2D eigenvalue weighted by molar-refractivity contribution is 0.0637. The molecule has 1 heterocycles. The van der Waals surface area contributed by atoms with Gasteiger partial charge in [-0.1, -0.05) is 81.6 Å². The summed E-state index contributed by atoms with van der Waals surface area (Å²) < 4.78 is 13.2. The Bertz CT molecular complexity index is 1680. The monoisotopic (exact) mass is 603 g/mol. The molecule has 1 unspecified atom stereocenters. The Morgan fingerprint density at radius 3 is 2.22 bits per heavy atom. The Morgan fingerprint density at radius 2 is 1.58 bits per heavy atom. The minimum absolute atomic E-state index is 0.224. The third-order valence-electron chi connectivity index (χ3n) is 8.17. The summed E-state index contributed by atoms with van der Waals surface area (Å²) in [5.74, 6) is 0.447. The van der Waals surface area contributed by atoms with Gasteiger partial charge < -0.3 is 19.4 Å². The van der Waals surface area contributed by atoms with Gasteiger partial charge in [-0.3, -0.25) is 0 Å². The number of nitrogens with one attached hydrogen (secondary N) is 1. The molecule has 0 saturated heterocycles. The third-order valence-corrected chi connectivity index (χ3v) is 8.17. The second-order valence-electron chi connectivity index (χ2n) is 11.2. The number of fused-ring (bicyclic) bond motifs is 1. The number of unbranched alkanes of at least 4 members (excludes halogenated alkanes) is 1. The third kappa shape index (κ3) is 7.73. The van der Waals surface area contributed by atoms with Gasteiger partial charge >= 0.3 is 12.1 Å². The van der Waals surface area contributed by atoms with Gasteiger partial charge in [0, 0.05) is 24.0 Å². The molecule has 0 fully saturated rings. The number of para-hydroxylation sites is 2. The topological polar surface area (TPSA) is 72.8 Å². The fraction of sp³-hybridized carbons (Fsp3) is 0.263. The van der Waals surface area contributed by atoms with Crippen LogP contribution in [0.15, 0.2) is 109 Å². The minimum Gasteiger partial charge on any atom is -0.496 e. The lowest BCUT2D eigenvalue weighted by Gasteiger charge is -2.21. The molecule has 1 amide bonds. The van der Waals surface area contributed by atoms with Crippen molar-refractivity contribution in [3.8, 4) is 5.75 Å². The van der Waals surface area contributed by atoms with Crippen LogP contribution in [0.5, 0.6) is 5.75 Å². The van der Waals surface area contributed by atoms with Crippen LogP contribution in [0, 0.1) is 5.92 Å². The van der Waals surface area contributed by atoms with Gasteiger partial charge in [0.25, 0.3) is 0 Å². The van der Waals surface area contributed by atoms with Crippen LogP contribution in [0.4, 0.5) is 21.9 Å². The van der Waals surface area contributed by atoms with Crippen LogP contribution in [0.1, 0.15) is 55.5 Å². The van der Waals surface area contributed by atoms with Gasteiger partial charge in [0.05, 0.1) is 36.1 Å². The van der Waals surface area contributed by atoms with Crippen LogP contribution in [-0.4, -0.2) is 30.3 Å². The minimum atomic E-state index is -0.792. The Hall–Kier alpha value is -5.04. The average molecular weight is 604 g/mol. The molecule has 5 rings (SSSR count). The zero-order valence-electron chi connectivity index (χ0n) is 26.2. The predicted molar refractivity (Wildman–Crippen MR) is 182 cm³/mol. The number of amides is 1.